The van der Waals surface area contributed by atoms with Gasteiger partial charge in [-0.05, 0) is 38.5 Å². The molecule has 8 nitrogen and oxygen atoms in total. The maximum absolute atomic E-state index is 10.4. The van der Waals surface area contributed by atoms with Gasteiger partial charge < -0.3 is 14.9 Å². The zero-order valence-corrected chi connectivity index (χ0v) is 18.3. The van der Waals surface area contributed by atoms with E-state index >= 15 is 0 Å². The molecule has 160 valence electrons. The van der Waals surface area contributed by atoms with Gasteiger partial charge in [-0.25, -0.2) is 9.97 Å². The summed E-state index contributed by atoms with van der Waals surface area (Å²) in [6, 6.07) is 10.4. The Morgan fingerprint density at radius 1 is 1.23 bits per heavy atom. The number of aromatic nitrogens is 4. The lowest BCUT2D eigenvalue weighted by molar-refractivity contribution is 0.0786. The van der Waals surface area contributed by atoms with Crippen LogP contribution in [0, 0.1) is 11.3 Å². The van der Waals surface area contributed by atoms with Crippen LogP contribution in [0.4, 0.5) is 11.5 Å². The van der Waals surface area contributed by atoms with Crippen LogP contribution in [0.2, 0.25) is 0 Å². The standard InChI is InChI=1S/C23H27N7O/c1-16-14-29(20-7-5-6-19(10-20)23(2,3)31)8-9-30(16)22-17(11-24)12-25-21(27-22)18-13-26-28(4)15-18/h5-7,10,12-13,15-16,31H,8-9,14H2,1-4H3. The van der Waals surface area contributed by atoms with Gasteiger partial charge in [0.1, 0.15) is 11.6 Å². The molecule has 31 heavy (non-hydrogen) atoms. The number of anilines is 2. The summed E-state index contributed by atoms with van der Waals surface area (Å²) in [4.78, 5) is 13.6. The van der Waals surface area contributed by atoms with E-state index in [1.165, 1.54) is 0 Å². The molecule has 1 N–H and O–H groups in total. The molecule has 0 radical (unpaired) electrons. The number of aryl methyl sites for hydroxylation is 1. The second-order valence-electron chi connectivity index (χ2n) is 8.54. The van der Waals surface area contributed by atoms with Crippen LogP contribution in [0.1, 0.15) is 31.9 Å². The van der Waals surface area contributed by atoms with Crippen molar-refractivity contribution in [2.45, 2.75) is 32.4 Å². The van der Waals surface area contributed by atoms with E-state index in [4.69, 9.17) is 4.98 Å². The number of rotatable bonds is 4. The highest BCUT2D eigenvalue weighted by atomic mass is 16.3. The van der Waals surface area contributed by atoms with Gasteiger partial charge in [-0.3, -0.25) is 4.68 Å². The predicted molar refractivity (Wildman–Crippen MR) is 120 cm³/mol. The Hall–Kier alpha value is -3.44. The number of hydrogen-bond donors (Lipinski definition) is 1. The minimum atomic E-state index is -0.880. The molecule has 0 saturated carbocycles. The number of piperazine rings is 1. The molecule has 0 spiro atoms. The van der Waals surface area contributed by atoms with Crippen molar-refractivity contribution >= 4 is 11.5 Å². The highest BCUT2D eigenvalue weighted by molar-refractivity contribution is 5.62. The Bertz CT molecular complexity index is 1130. The third-order valence-electron chi connectivity index (χ3n) is 5.67. The van der Waals surface area contributed by atoms with E-state index in [1.54, 1.807) is 30.9 Å². The second-order valence-corrected chi connectivity index (χ2v) is 8.54. The summed E-state index contributed by atoms with van der Waals surface area (Å²) >= 11 is 0. The Balaban J connectivity index is 1.59. The summed E-state index contributed by atoms with van der Waals surface area (Å²) in [5.74, 6) is 1.23. The summed E-state index contributed by atoms with van der Waals surface area (Å²) in [7, 11) is 1.85. The molecule has 1 fully saturated rings. The smallest absolute Gasteiger partial charge is 0.164 e. The van der Waals surface area contributed by atoms with Gasteiger partial charge in [0.25, 0.3) is 0 Å². The van der Waals surface area contributed by atoms with Crippen molar-refractivity contribution < 1.29 is 5.11 Å². The maximum Gasteiger partial charge on any atom is 0.164 e. The van der Waals surface area contributed by atoms with Crippen LogP contribution in [0.15, 0.2) is 42.9 Å². The number of benzene rings is 1. The SMILES string of the molecule is CC1CN(c2cccc(C(C)(C)O)c2)CCN1c1nc(-c2cnn(C)c2)ncc1C#N. The van der Waals surface area contributed by atoms with Crippen LogP contribution in [0.5, 0.6) is 0 Å². The predicted octanol–water partition coefficient (Wildman–Crippen LogP) is 2.69. The maximum atomic E-state index is 10.4. The first kappa shape index (κ1) is 20.8. The first-order valence-electron chi connectivity index (χ1n) is 10.4. The average molecular weight is 418 g/mol. The molecule has 0 amide bonds. The van der Waals surface area contributed by atoms with Crippen LogP contribution in [0.3, 0.4) is 0 Å². The monoisotopic (exact) mass is 417 g/mol. The number of aliphatic hydroxyl groups is 1. The highest BCUT2D eigenvalue weighted by Gasteiger charge is 2.28. The molecule has 1 aromatic carbocycles. The van der Waals surface area contributed by atoms with Crippen LogP contribution < -0.4 is 9.80 Å². The lowest BCUT2D eigenvalue weighted by atomic mass is 9.97. The molecule has 3 heterocycles. The van der Waals surface area contributed by atoms with Crippen molar-refractivity contribution in [1.29, 1.82) is 5.26 Å². The first-order chi connectivity index (χ1) is 14.8. The van der Waals surface area contributed by atoms with Gasteiger partial charge in [0, 0.05) is 44.6 Å². The third-order valence-corrected chi connectivity index (χ3v) is 5.67. The summed E-state index contributed by atoms with van der Waals surface area (Å²) in [6.07, 6.45) is 5.18. The molecular weight excluding hydrogens is 390 g/mol. The zero-order chi connectivity index (χ0) is 22.2. The van der Waals surface area contributed by atoms with E-state index in [2.05, 4.69) is 38.9 Å². The van der Waals surface area contributed by atoms with Crippen molar-refractivity contribution in [3.8, 4) is 17.5 Å². The fraction of sp³-hybridized carbons (Fsp3) is 0.391. The van der Waals surface area contributed by atoms with Crippen LogP contribution in [0.25, 0.3) is 11.4 Å². The van der Waals surface area contributed by atoms with Crippen molar-refractivity contribution in [3.05, 3.63) is 54.0 Å². The zero-order valence-electron chi connectivity index (χ0n) is 18.3. The average Bonchev–Trinajstić information content (AvgIpc) is 3.19. The molecule has 4 rings (SSSR count). The molecule has 0 bridgehead atoms. The molecule has 1 aliphatic heterocycles. The lowest BCUT2D eigenvalue weighted by Crippen LogP contribution is -2.52. The van der Waals surface area contributed by atoms with Gasteiger partial charge in [0.15, 0.2) is 11.6 Å². The molecular formula is C23H27N7O. The molecule has 1 saturated heterocycles. The fourth-order valence-corrected chi connectivity index (χ4v) is 3.94. The van der Waals surface area contributed by atoms with E-state index in [-0.39, 0.29) is 6.04 Å². The van der Waals surface area contributed by atoms with Crippen LogP contribution in [-0.2, 0) is 12.6 Å². The van der Waals surface area contributed by atoms with Crippen molar-refractivity contribution in [2.24, 2.45) is 7.05 Å². The molecule has 0 aliphatic carbocycles. The second kappa shape index (κ2) is 8.00. The molecule has 1 unspecified atom stereocenters. The highest BCUT2D eigenvalue weighted by Crippen LogP contribution is 2.29. The molecule has 1 aliphatic rings. The Labute approximate surface area is 182 Å². The molecule has 1 atom stereocenters. The number of hydrogen-bond acceptors (Lipinski definition) is 7. The van der Waals surface area contributed by atoms with E-state index in [1.807, 2.05) is 31.4 Å². The Kier molecular flexibility index (Phi) is 5.38. The Morgan fingerprint density at radius 3 is 2.68 bits per heavy atom. The molecule has 2 aromatic heterocycles. The van der Waals surface area contributed by atoms with Gasteiger partial charge in [-0.1, -0.05) is 12.1 Å². The van der Waals surface area contributed by atoms with Gasteiger partial charge in [0.05, 0.1) is 23.6 Å². The third kappa shape index (κ3) is 4.23. The quantitative estimate of drug-likeness (QED) is 0.697. The summed E-state index contributed by atoms with van der Waals surface area (Å²) in [6.45, 7) is 8.03. The van der Waals surface area contributed by atoms with Gasteiger partial charge >= 0.3 is 0 Å². The Morgan fingerprint density at radius 2 is 2.03 bits per heavy atom. The van der Waals surface area contributed by atoms with Crippen molar-refractivity contribution in [3.63, 3.8) is 0 Å². The van der Waals surface area contributed by atoms with Crippen molar-refractivity contribution in [1.82, 2.24) is 19.7 Å². The van der Waals surface area contributed by atoms with E-state index in [9.17, 15) is 10.4 Å². The normalized spacial score (nSPS) is 17.0. The lowest BCUT2D eigenvalue weighted by Gasteiger charge is -2.42. The minimum Gasteiger partial charge on any atom is -0.386 e. The van der Waals surface area contributed by atoms with Crippen LogP contribution in [-0.4, -0.2) is 50.5 Å². The van der Waals surface area contributed by atoms with Crippen LogP contribution >= 0.6 is 0 Å². The molecule has 8 heteroatoms. The summed E-state index contributed by atoms with van der Waals surface area (Å²) in [5.41, 5.74) is 2.39. The molecule has 3 aromatic rings. The van der Waals surface area contributed by atoms with E-state index in [0.717, 1.165) is 36.4 Å². The first-order valence-corrected chi connectivity index (χ1v) is 10.4. The number of nitrogens with zero attached hydrogens (tertiary/aromatic N) is 7. The largest absolute Gasteiger partial charge is 0.386 e. The van der Waals surface area contributed by atoms with E-state index in [0.29, 0.717) is 17.2 Å². The topological polar surface area (TPSA) is 94.1 Å². The van der Waals surface area contributed by atoms with E-state index < -0.39 is 5.60 Å². The minimum absolute atomic E-state index is 0.142. The summed E-state index contributed by atoms with van der Waals surface area (Å²) in [5, 5.41) is 24.2. The fourth-order valence-electron chi connectivity index (χ4n) is 3.94. The number of nitriles is 1. The van der Waals surface area contributed by atoms with Gasteiger partial charge in [-0.2, -0.15) is 10.4 Å². The van der Waals surface area contributed by atoms with Gasteiger partial charge in [0.2, 0.25) is 0 Å². The van der Waals surface area contributed by atoms with Gasteiger partial charge in [-0.15, -0.1) is 0 Å². The summed E-state index contributed by atoms with van der Waals surface area (Å²) < 4.78 is 1.71. The van der Waals surface area contributed by atoms with Crippen molar-refractivity contribution in [2.75, 3.05) is 29.4 Å².